The van der Waals surface area contributed by atoms with Gasteiger partial charge in [-0.2, -0.15) is 13.2 Å². The number of rotatable bonds is 8. The molecule has 0 spiro atoms. The average molecular weight is 660 g/mol. The number of methoxy groups -OCH3 is 1. The van der Waals surface area contributed by atoms with Gasteiger partial charge in [0.15, 0.2) is 6.73 Å². The molecule has 1 aliphatic rings. The summed E-state index contributed by atoms with van der Waals surface area (Å²) in [7, 11) is -0.713. The molecule has 1 heterocycles. The largest absolute Gasteiger partial charge is 0.748 e. The number of halogens is 5. The lowest BCUT2D eigenvalue weighted by molar-refractivity contribution is -0.137. The van der Waals surface area contributed by atoms with Crippen molar-refractivity contribution >= 4 is 39.3 Å². The minimum absolute atomic E-state index is 0.0336. The Balaban J connectivity index is 0.000000978. The maximum absolute atomic E-state index is 16.8. The highest BCUT2D eigenvalue weighted by Gasteiger charge is 2.55. The summed E-state index contributed by atoms with van der Waals surface area (Å²) in [5.41, 5.74) is -3.96. The Hall–Kier alpha value is -3.72. The molecule has 0 N–H and O–H groups in total. The zero-order valence-electron chi connectivity index (χ0n) is 23.9. The number of anilines is 1. The first-order chi connectivity index (χ1) is 20.4. The van der Waals surface area contributed by atoms with Crippen molar-refractivity contribution < 1.29 is 49.6 Å². The van der Waals surface area contributed by atoms with E-state index in [9.17, 15) is 22.8 Å². The maximum Gasteiger partial charge on any atom is 0.416 e. The number of amides is 1. The van der Waals surface area contributed by atoms with Crippen molar-refractivity contribution in [3.8, 4) is 5.75 Å². The van der Waals surface area contributed by atoms with Crippen LogP contribution in [-0.2, 0) is 38.0 Å². The van der Waals surface area contributed by atoms with Gasteiger partial charge in [-0.3, -0.25) is 9.69 Å². The van der Waals surface area contributed by atoms with Gasteiger partial charge in [-0.15, -0.1) is 0 Å². The lowest BCUT2D eigenvalue weighted by atomic mass is 9.88. The van der Waals surface area contributed by atoms with E-state index in [-0.39, 0.29) is 33.1 Å². The number of benzene rings is 3. The highest BCUT2D eigenvalue weighted by atomic mass is 35.5. The molecule has 3 aromatic carbocycles. The normalized spacial score (nSPS) is 16.3. The average Bonchev–Trinajstić information content (AvgIpc) is 3.16. The molecule has 0 saturated carbocycles. The van der Waals surface area contributed by atoms with Crippen molar-refractivity contribution in [1.82, 2.24) is 4.90 Å². The summed E-state index contributed by atoms with van der Waals surface area (Å²) in [5, 5.41) is 0.0857. The van der Waals surface area contributed by atoms with Gasteiger partial charge < -0.3 is 18.9 Å². The molecule has 0 radical (unpaired) electrons. The second-order valence-electron chi connectivity index (χ2n) is 9.76. The van der Waals surface area contributed by atoms with Crippen molar-refractivity contribution in [2.24, 2.45) is 0 Å². The SMILES string of the molecule is CCN(C)Cc1ccc(C(=O)OCN2C(=O)[C@@](F)(c3cc(Cl)ccc3OC)c3ccc(C(F)(F)F)cc32)cc1.CS(=O)(=O)[O-]. The minimum Gasteiger partial charge on any atom is -0.748 e. The Morgan fingerprint density at radius 1 is 1.07 bits per heavy atom. The van der Waals surface area contributed by atoms with Gasteiger partial charge in [0, 0.05) is 29.0 Å². The summed E-state index contributed by atoms with van der Waals surface area (Å²) in [5.74, 6) is -2.11. The molecule has 15 heteroatoms. The van der Waals surface area contributed by atoms with Crippen LogP contribution in [0.5, 0.6) is 5.75 Å². The Morgan fingerprint density at radius 2 is 1.68 bits per heavy atom. The first-order valence-corrected chi connectivity index (χ1v) is 15.0. The van der Waals surface area contributed by atoms with Crippen molar-refractivity contribution in [3.63, 3.8) is 0 Å². The first kappa shape index (κ1) is 34.8. The molecule has 3 aromatic rings. The smallest absolute Gasteiger partial charge is 0.416 e. The van der Waals surface area contributed by atoms with Crippen LogP contribution in [0, 0.1) is 0 Å². The molecule has 0 fully saturated rings. The summed E-state index contributed by atoms with van der Waals surface area (Å²) >= 11 is 6.06. The van der Waals surface area contributed by atoms with E-state index in [0.717, 1.165) is 18.2 Å². The number of ether oxygens (including phenoxy) is 2. The Labute approximate surface area is 256 Å². The molecule has 0 saturated heterocycles. The highest BCUT2D eigenvalue weighted by Crippen LogP contribution is 2.51. The van der Waals surface area contributed by atoms with E-state index >= 15 is 4.39 Å². The topological polar surface area (TPSA) is 116 Å². The maximum atomic E-state index is 16.8. The molecule has 44 heavy (non-hydrogen) atoms. The number of hydrogen-bond acceptors (Lipinski definition) is 8. The van der Waals surface area contributed by atoms with Crippen LogP contribution in [-0.4, -0.2) is 63.4 Å². The number of hydrogen-bond donors (Lipinski definition) is 0. The van der Waals surface area contributed by atoms with Gasteiger partial charge in [-0.05, 0) is 61.6 Å². The van der Waals surface area contributed by atoms with Crippen LogP contribution in [0.25, 0.3) is 0 Å². The lowest BCUT2D eigenvalue weighted by Gasteiger charge is -2.23. The Bertz CT molecular complexity index is 1630. The molecule has 0 bridgehead atoms. The summed E-state index contributed by atoms with van der Waals surface area (Å²) in [6.45, 7) is 2.69. The van der Waals surface area contributed by atoms with Crippen molar-refractivity contribution in [3.05, 3.63) is 93.5 Å². The molecule has 4 rings (SSSR count). The summed E-state index contributed by atoms with van der Waals surface area (Å²) in [6.07, 6.45) is -4.16. The third kappa shape index (κ3) is 8.05. The van der Waals surface area contributed by atoms with E-state index in [2.05, 4.69) is 4.90 Å². The van der Waals surface area contributed by atoms with Gasteiger partial charge in [-0.1, -0.05) is 36.7 Å². The van der Waals surface area contributed by atoms with E-state index in [1.54, 1.807) is 24.3 Å². The fraction of sp³-hybridized carbons (Fsp3) is 0.310. The van der Waals surface area contributed by atoms with E-state index in [1.807, 2.05) is 14.0 Å². The fourth-order valence-electron chi connectivity index (χ4n) is 4.35. The molecule has 238 valence electrons. The predicted octanol–water partition coefficient (Wildman–Crippen LogP) is 5.35. The van der Waals surface area contributed by atoms with E-state index in [4.69, 9.17) is 34.0 Å². The third-order valence-electron chi connectivity index (χ3n) is 6.57. The number of fused-ring (bicyclic) bond motifs is 1. The summed E-state index contributed by atoms with van der Waals surface area (Å²) in [6, 6.07) is 12.7. The van der Waals surface area contributed by atoms with Crippen molar-refractivity contribution in [2.45, 2.75) is 25.3 Å². The van der Waals surface area contributed by atoms with Crippen LogP contribution in [0.4, 0.5) is 23.2 Å². The summed E-state index contributed by atoms with van der Waals surface area (Å²) < 4.78 is 95.1. The van der Waals surface area contributed by atoms with Gasteiger partial charge >= 0.3 is 12.1 Å². The van der Waals surface area contributed by atoms with Crippen molar-refractivity contribution in [2.75, 3.05) is 38.6 Å². The molecular formula is C29H28ClF4N2O7S-. The predicted molar refractivity (Wildman–Crippen MR) is 153 cm³/mol. The third-order valence-corrected chi connectivity index (χ3v) is 6.80. The zero-order chi connectivity index (χ0) is 33.0. The van der Waals surface area contributed by atoms with Crippen LogP contribution in [0.15, 0.2) is 60.7 Å². The Morgan fingerprint density at radius 3 is 2.23 bits per heavy atom. The van der Waals surface area contributed by atoms with E-state index in [1.165, 1.54) is 25.3 Å². The molecule has 0 aromatic heterocycles. The number of esters is 1. The van der Waals surface area contributed by atoms with Crippen LogP contribution in [0.2, 0.25) is 5.02 Å². The molecule has 0 unspecified atom stereocenters. The van der Waals surface area contributed by atoms with Gasteiger partial charge in [0.25, 0.3) is 5.91 Å². The lowest BCUT2D eigenvalue weighted by Crippen LogP contribution is -2.40. The second kappa shape index (κ2) is 13.5. The van der Waals surface area contributed by atoms with E-state index < -0.39 is 46.1 Å². The molecule has 0 aliphatic carbocycles. The molecule has 1 atom stereocenters. The molecule has 1 amide bonds. The minimum atomic E-state index is -4.76. The van der Waals surface area contributed by atoms with E-state index in [0.29, 0.717) is 29.8 Å². The molecular weight excluding hydrogens is 632 g/mol. The standard InChI is InChI=1S/C28H25ClF4N2O4.CH4O3S/c1-4-34(2)15-17-5-7-18(8-6-17)25(36)39-16-35-23-13-19(28(31,32)33)9-11-21(23)27(30,26(35)37)22-14-20(29)10-12-24(22)38-3;1-5(2,3)4/h5-14H,4,15-16H2,1-3H3;1H3,(H,2,3,4)/p-1/t27-;/m0./s1. The van der Waals surface area contributed by atoms with Crippen molar-refractivity contribution in [1.29, 1.82) is 0 Å². The fourth-order valence-corrected chi connectivity index (χ4v) is 4.52. The highest BCUT2D eigenvalue weighted by molar-refractivity contribution is 7.84. The number of carbonyl (C=O) groups is 2. The number of alkyl halides is 4. The van der Waals surface area contributed by atoms with Crippen LogP contribution < -0.4 is 9.64 Å². The number of nitrogens with zero attached hydrogens (tertiary/aromatic N) is 2. The second-order valence-corrected chi connectivity index (χ2v) is 11.6. The van der Waals surface area contributed by atoms with Gasteiger partial charge in [0.1, 0.15) is 5.75 Å². The molecule has 1 aliphatic heterocycles. The Kier molecular flexibility index (Phi) is 10.7. The first-order valence-electron chi connectivity index (χ1n) is 12.8. The number of carbonyl (C=O) groups excluding carboxylic acids is 2. The van der Waals surface area contributed by atoms with Crippen LogP contribution in [0.3, 0.4) is 0 Å². The summed E-state index contributed by atoms with van der Waals surface area (Å²) in [4.78, 5) is 29.0. The van der Waals surface area contributed by atoms with Gasteiger partial charge in [0.05, 0.1) is 34.0 Å². The zero-order valence-corrected chi connectivity index (χ0v) is 25.5. The monoisotopic (exact) mass is 659 g/mol. The van der Waals surface area contributed by atoms with Gasteiger partial charge in [0.2, 0.25) is 5.67 Å². The van der Waals surface area contributed by atoms with Crippen LogP contribution in [0.1, 0.15) is 39.5 Å². The van der Waals surface area contributed by atoms with Crippen LogP contribution >= 0.6 is 11.6 Å². The van der Waals surface area contributed by atoms with Gasteiger partial charge in [-0.25, -0.2) is 17.6 Å². The quantitative estimate of drug-likeness (QED) is 0.180. The molecule has 9 nitrogen and oxygen atoms in total.